The lowest BCUT2D eigenvalue weighted by molar-refractivity contribution is -0.386. The second-order valence-corrected chi connectivity index (χ2v) is 2.81. The highest BCUT2D eigenvalue weighted by molar-refractivity contribution is 6.31. The van der Waals surface area contributed by atoms with Crippen LogP contribution in [0, 0.1) is 10.1 Å². The summed E-state index contributed by atoms with van der Waals surface area (Å²) in [6.45, 7) is 2.01. The van der Waals surface area contributed by atoms with Crippen LogP contribution >= 0.6 is 11.6 Å². The minimum Gasteiger partial charge on any atom is -0.468 e. The predicted octanol–water partition coefficient (Wildman–Crippen LogP) is 1.99. The van der Waals surface area contributed by atoms with Crippen molar-refractivity contribution in [3.63, 3.8) is 0 Å². The molecule has 1 heterocycles. The van der Waals surface area contributed by atoms with Crippen molar-refractivity contribution in [1.29, 1.82) is 0 Å². The van der Waals surface area contributed by atoms with Crippen molar-refractivity contribution in [1.82, 2.24) is 9.97 Å². The minimum atomic E-state index is -0.673. The normalized spacial score (nSPS) is 10.5. The Labute approximate surface area is 90.7 Å². The largest absolute Gasteiger partial charge is 0.468 e. The molecule has 0 aromatic carbocycles. The fraction of sp³-hybridized carbons (Fsp3) is 0.250. The van der Waals surface area contributed by atoms with E-state index in [1.165, 1.54) is 0 Å². The van der Waals surface area contributed by atoms with Crippen molar-refractivity contribution in [2.45, 2.75) is 6.92 Å². The molecule has 0 spiro atoms. The Balaban J connectivity index is 2.95. The third kappa shape index (κ3) is 2.88. The number of hydrogen-bond donors (Lipinski definition) is 0. The fourth-order valence-electron chi connectivity index (χ4n) is 0.825. The molecule has 0 aliphatic rings. The summed E-state index contributed by atoms with van der Waals surface area (Å²) in [6, 6.07) is 0. The molecule has 0 saturated carbocycles. The molecule has 1 rings (SSSR count). The monoisotopic (exact) mass is 229 g/mol. The Morgan fingerprint density at radius 2 is 2.40 bits per heavy atom. The third-order valence-electron chi connectivity index (χ3n) is 1.48. The van der Waals surface area contributed by atoms with Crippen molar-refractivity contribution >= 4 is 17.3 Å². The topological polar surface area (TPSA) is 78.2 Å². The van der Waals surface area contributed by atoms with Gasteiger partial charge in [0, 0.05) is 0 Å². The summed E-state index contributed by atoms with van der Waals surface area (Å²) in [5, 5.41) is 10.4. The number of nitro groups is 1. The number of halogens is 1. The summed E-state index contributed by atoms with van der Waals surface area (Å²) in [4.78, 5) is 17.1. The quantitative estimate of drug-likeness (QED) is 0.341. The molecule has 6 nitrogen and oxygen atoms in total. The zero-order valence-electron chi connectivity index (χ0n) is 7.88. The number of aromatic nitrogens is 2. The molecule has 0 aliphatic carbocycles. The number of allylic oxidation sites excluding steroid dienone is 1. The van der Waals surface area contributed by atoms with Crippen LogP contribution in [0.4, 0.5) is 5.69 Å². The van der Waals surface area contributed by atoms with Crippen LogP contribution in [-0.2, 0) is 0 Å². The van der Waals surface area contributed by atoms with Crippen LogP contribution in [-0.4, -0.2) is 21.5 Å². The molecule has 0 saturated heterocycles. The predicted molar refractivity (Wildman–Crippen MR) is 54.0 cm³/mol. The zero-order valence-corrected chi connectivity index (χ0v) is 8.64. The summed E-state index contributed by atoms with van der Waals surface area (Å²) in [7, 11) is 0. The highest BCUT2D eigenvalue weighted by Crippen LogP contribution is 2.29. The van der Waals surface area contributed by atoms with E-state index in [0.717, 1.165) is 6.33 Å². The molecular formula is C8H8ClN3O3. The maximum Gasteiger partial charge on any atom is 0.367 e. The molecule has 0 fully saturated rings. The lowest BCUT2D eigenvalue weighted by atomic mass is 10.5. The van der Waals surface area contributed by atoms with Gasteiger partial charge in [-0.3, -0.25) is 10.1 Å². The summed E-state index contributed by atoms with van der Waals surface area (Å²) in [5.41, 5.74) is -0.413. The first-order valence-corrected chi connectivity index (χ1v) is 4.43. The first kappa shape index (κ1) is 11.4. The van der Waals surface area contributed by atoms with E-state index in [0.29, 0.717) is 0 Å². The van der Waals surface area contributed by atoms with Gasteiger partial charge in [-0.25, -0.2) is 4.98 Å². The first-order chi connectivity index (χ1) is 7.16. The van der Waals surface area contributed by atoms with Gasteiger partial charge in [0.1, 0.15) is 12.9 Å². The van der Waals surface area contributed by atoms with E-state index < -0.39 is 10.6 Å². The van der Waals surface area contributed by atoms with Crippen molar-refractivity contribution < 1.29 is 9.66 Å². The van der Waals surface area contributed by atoms with Crippen molar-refractivity contribution in [3.8, 4) is 5.88 Å². The molecule has 7 heteroatoms. The van der Waals surface area contributed by atoms with Gasteiger partial charge in [0.25, 0.3) is 5.88 Å². The second kappa shape index (κ2) is 5.26. The maximum atomic E-state index is 10.6. The lowest BCUT2D eigenvalue weighted by Crippen LogP contribution is -2.02. The van der Waals surface area contributed by atoms with Gasteiger partial charge >= 0.3 is 5.69 Å². The molecule has 1 aromatic rings. The van der Waals surface area contributed by atoms with Crippen LogP contribution in [0.3, 0.4) is 0 Å². The second-order valence-electron chi connectivity index (χ2n) is 2.46. The van der Waals surface area contributed by atoms with E-state index in [9.17, 15) is 10.1 Å². The Morgan fingerprint density at radius 1 is 1.67 bits per heavy atom. The standard InChI is InChI=1S/C8H8ClN3O3/c1-2-3-4-15-8-6(12(13)14)7(9)10-5-11-8/h2-3,5H,4H2,1H3. The molecule has 0 N–H and O–H groups in total. The molecule has 0 unspecified atom stereocenters. The van der Waals surface area contributed by atoms with Crippen LogP contribution < -0.4 is 4.74 Å². The third-order valence-corrected chi connectivity index (χ3v) is 1.76. The summed E-state index contributed by atoms with van der Waals surface area (Å²) in [5.74, 6) is -0.127. The van der Waals surface area contributed by atoms with Gasteiger partial charge in [-0.1, -0.05) is 23.8 Å². The van der Waals surface area contributed by atoms with E-state index in [2.05, 4.69) is 9.97 Å². The van der Waals surface area contributed by atoms with Crippen LogP contribution in [0.15, 0.2) is 18.5 Å². The zero-order chi connectivity index (χ0) is 11.3. The number of rotatable bonds is 4. The molecule has 0 atom stereocenters. The van der Waals surface area contributed by atoms with Gasteiger partial charge in [0.15, 0.2) is 0 Å². The minimum absolute atomic E-state index is 0.127. The Kier molecular flexibility index (Phi) is 3.99. The summed E-state index contributed by atoms with van der Waals surface area (Å²) >= 11 is 5.55. The van der Waals surface area contributed by atoms with Gasteiger partial charge in [0.2, 0.25) is 5.15 Å². The van der Waals surface area contributed by atoms with E-state index in [-0.39, 0.29) is 17.6 Å². The highest BCUT2D eigenvalue weighted by Gasteiger charge is 2.22. The van der Waals surface area contributed by atoms with Crippen molar-refractivity contribution in [3.05, 3.63) is 33.7 Å². The molecule has 0 aliphatic heterocycles. The molecule has 0 bridgehead atoms. The SMILES string of the molecule is CC=CCOc1ncnc(Cl)c1[N+](=O)[O-]. The fourth-order valence-corrected chi connectivity index (χ4v) is 1.02. The van der Waals surface area contributed by atoms with Gasteiger partial charge in [-0.05, 0) is 6.92 Å². The van der Waals surface area contributed by atoms with Crippen LogP contribution in [0.2, 0.25) is 5.15 Å². The molecule has 0 radical (unpaired) electrons. The number of ether oxygens (including phenoxy) is 1. The van der Waals surface area contributed by atoms with E-state index in [1.807, 2.05) is 6.92 Å². The van der Waals surface area contributed by atoms with Gasteiger partial charge in [0.05, 0.1) is 4.92 Å². The van der Waals surface area contributed by atoms with E-state index >= 15 is 0 Å². The van der Waals surface area contributed by atoms with Crippen LogP contribution in [0.5, 0.6) is 5.88 Å². The van der Waals surface area contributed by atoms with E-state index in [1.54, 1.807) is 12.2 Å². The number of hydrogen-bond acceptors (Lipinski definition) is 5. The maximum absolute atomic E-state index is 10.6. The number of nitrogens with zero attached hydrogens (tertiary/aromatic N) is 3. The van der Waals surface area contributed by atoms with Crippen molar-refractivity contribution in [2.75, 3.05) is 6.61 Å². The summed E-state index contributed by atoms with van der Waals surface area (Å²) in [6.07, 6.45) is 4.56. The molecule has 0 amide bonds. The van der Waals surface area contributed by atoms with Gasteiger partial charge in [-0.2, -0.15) is 4.98 Å². The molecule has 15 heavy (non-hydrogen) atoms. The van der Waals surface area contributed by atoms with Gasteiger partial charge < -0.3 is 4.74 Å². The van der Waals surface area contributed by atoms with Gasteiger partial charge in [-0.15, -0.1) is 0 Å². The van der Waals surface area contributed by atoms with Crippen LogP contribution in [0.25, 0.3) is 0 Å². The Bertz CT molecular complexity index is 395. The average molecular weight is 230 g/mol. The van der Waals surface area contributed by atoms with Crippen molar-refractivity contribution in [2.24, 2.45) is 0 Å². The highest BCUT2D eigenvalue weighted by atomic mass is 35.5. The smallest absolute Gasteiger partial charge is 0.367 e. The molecule has 1 aromatic heterocycles. The first-order valence-electron chi connectivity index (χ1n) is 4.05. The molecule has 80 valence electrons. The summed E-state index contributed by atoms with van der Waals surface area (Å²) < 4.78 is 5.06. The Hall–Kier alpha value is -1.69. The molecular weight excluding hydrogens is 222 g/mol. The van der Waals surface area contributed by atoms with Crippen LogP contribution in [0.1, 0.15) is 6.92 Å². The lowest BCUT2D eigenvalue weighted by Gasteiger charge is -2.02. The average Bonchev–Trinajstić information content (AvgIpc) is 2.17. The Morgan fingerprint density at radius 3 is 3.00 bits per heavy atom. The van der Waals surface area contributed by atoms with E-state index in [4.69, 9.17) is 16.3 Å².